The number of imidazole rings is 1. The molecule has 7 nitrogen and oxygen atoms in total. The van der Waals surface area contributed by atoms with Crippen molar-refractivity contribution in [3.8, 4) is 5.75 Å². The Morgan fingerprint density at radius 3 is 2.82 bits per heavy atom. The van der Waals surface area contributed by atoms with Crippen LogP contribution in [0.1, 0.15) is 20.8 Å². The number of aromatic nitrogens is 4. The lowest BCUT2D eigenvalue weighted by Crippen LogP contribution is -2.15. The lowest BCUT2D eigenvalue weighted by Gasteiger charge is -2.12. The standard InChI is InChI=1S/C19H26N5O2PS/c1-12(2)9-25-14-5-4-6-15(7-14)28-18-16-17(22-19(20)23-18)24(10-21-16)8-13(3)26-11-27/h4-7,10,12-13H,8-9,11,27H2,1-3H3,(H2,20,22,23). The predicted molar refractivity (Wildman–Crippen MR) is 116 cm³/mol. The van der Waals surface area contributed by atoms with Crippen LogP contribution in [0.15, 0.2) is 40.5 Å². The fourth-order valence-electron chi connectivity index (χ4n) is 2.64. The van der Waals surface area contributed by atoms with E-state index in [4.69, 9.17) is 15.2 Å². The molecule has 2 N–H and O–H groups in total. The minimum atomic E-state index is 0.0389. The molecule has 28 heavy (non-hydrogen) atoms. The van der Waals surface area contributed by atoms with E-state index in [1.807, 2.05) is 35.8 Å². The lowest BCUT2D eigenvalue weighted by atomic mass is 10.2. The molecule has 2 aromatic heterocycles. The van der Waals surface area contributed by atoms with Crippen molar-refractivity contribution in [3.63, 3.8) is 0 Å². The largest absolute Gasteiger partial charge is 0.493 e. The summed E-state index contributed by atoms with van der Waals surface area (Å²) in [6, 6.07) is 7.95. The summed E-state index contributed by atoms with van der Waals surface area (Å²) in [7, 11) is 2.56. The summed E-state index contributed by atoms with van der Waals surface area (Å²) in [5.74, 6) is 1.54. The molecular weight excluding hydrogens is 393 g/mol. The van der Waals surface area contributed by atoms with Gasteiger partial charge in [-0.3, -0.25) is 0 Å². The molecule has 0 saturated carbocycles. The van der Waals surface area contributed by atoms with Gasteiger partial charge in [-0.2, -0.15) is 4.98 Å². The van der Waals surface area contributed by atoms with Gasteiger partial charge in [0.05, 0.1) is 31.9 Å². The summed E-state index contributed by atoms with van der Waals surface area (Å²) in [6.45, 7) is 7.59. The van der Waals surface area contributed by atoms with Gasteiger partial charge in [-0.05, 0) is 31.0 Å². The molecule has 2 atom stereocenters. The molecule has 3 aromatic rings. The second-order valence-corrected chi connectivity index (χ2v) is 8.28. The van der Waals surface area contributed by atoms with Crippen molar-refractivity contribution in [2.75, 3.05) is 18.7 Å². The Balaban J connectivity index is 1.85. The highest BCUT2D eigenvalue weighted by molar-refractivity contribution is 7.99. The molecule has 2 heterocycles. The van der Waals surface area contributed by atoms with Crippen molar-refractivity contribution in [1.29, 1.82) is 0 Å². The zero-order valence-electron chi connectivity index (χ0n) is 16.3. The molecule has 0 saturated heterocycles. The van der Waals surface area contributed by atoms with Crippen LogP contribution in [0.4, 0.5) is 5.95 Å². The number of nitrogens with two attached hydrogens (primary N) is 1. The van der Waals surface area contributed by atoms with Crippen LogP contribution in [0, 0.1) is 5.92 Å². The molecule has 0 bridgehead atoms. The predicted octanol–water partition coefficient (Wildman–Crippen LogP) is 3.83. The van der Waals surface area contributed by atoms with Gasteiger partial charge in [0.15, 0.2) is 5.65 Å². The van der Waals surface area contributed by atoms with Gasteiger partial charge in [-0.25, -0.2) is 9.97 Å². The number of hydrogen-bond acceptors (Lipinski definition) is 7. The van der Waals surface area contributed by atoms with Gasteiger partial charge in [-0.1, -0.05) is 31.7 Å². The molecule has 0 aliphatic heterocycles. The van der Waals surface area contributed by atoms with Crippen molar-refractivity contribution in [2.24, 2.45) is 5.92 Å². The number of ether oxygens (including phenoxy) is 2. The fourth-order valence-corrected chi connectivity index (χ4v) is 3.89. The minimum Gasteiger partial charge on any atom is -0.493 e. The van der Waals surface area contributed by atoms with Crippen LogP contribution in [0.2, 0.25) is 0 Å². The molecule has 3 rings (SSSR count). The highest BCUT2D eigenvalue weighted by atomic mass is 32.2. The van der Waals surface area contributed by atoms with Gasteiger partial charge in [0.1, 0.15) is 16.3 Å². The summed E-state index contributed by atoms with van der Waals surface area (Å²) >= 11 is 1.50. The molecular formula is C19H26N5O2PS. The first-order chi connectivity index (χ1) is 13.5. The Kier molecular flexibility index (Phi) is 7.10. The van der Waals surface area contributed by atoms with Crippen molar-refractivity contribution in [2.45, 2.75) is 43.3 Å². The Morgan fingerprint density at radius 1 is 1.25 bits per heavy atom. The van der Waals surface area contributed by atoms with Gasteiger partial charge in [0.2, 0.25) is 5.95 Å². The van der Waals surface area contributed by atoms with Crippen LogP contribution in [0.25, 0.3) is 11.2 Å². The molecule has 0 amide bonds. The second-order valence-electron chi connectivity index (χ2n) is 6.88. The molecule has 0 radical (unpaired) electrons. The zero-order chi connectivity index (χ0) is 20.1. The van der Waals surface area contributed by atoms with Gasteiger partial charge in [0, 0.05) is 4.90 Å². The fraction of sp³-hybridized carbons (Fsp3) is 0.421. The average molecular weight is 419 g/mol. The summed E-state index contributed by atoms with van der Waals surface area (Å²) in [5.41, 5.74) is 7.41. The molecule has 2 unspecified atom stereocenters. The number of hydrogen-bond donors (Lipinski definition) is 1. The van der Waals surface area contributed by atoms with Crippen LogP contribution < -0.4 is 10.5 Å². The van der Waals surface area contributed by atoms with E-state index < -0.39 is 0 Å². The monoisotopic (exact) mass is 419 g/mol. The van der Waals surface area contributed by atoms with E-state index >= 15 is 0 Å². The quantitative estimate of drug-likeness (QED) is 0.416. The van der Waals surface area contributed by atoms with Gasteiger partial charge in [-0.15, -0.1) is 9.24 Å². The van der Waals surface area contributed by atoms with Crippen LogP contribution >= 0.6 is 21.0 Å². The van der Waals surface area contributed by atoms with E-state index in [9.17, 15) is 0 Å². The first-order valence-corrected chi connectivity index (χ1v) is 10.8. The van der Waals surface area contributed by atoms with Gasteiger partial charge < -0.3 is 19.8 Å². The highest BCUT2D eigenvalue weighted by Crippen LogP contribution is 2.33. The third kappa shape index (κ3) is 5.34. The molecule has 0 spiro atoms. The molecule has 1 aromatic carbocycles. The van der Waals surface area contributed by atoms with E-state index in [0.29, 0.717) is 31.1 Å². The Hall–Kier alpha value is -1.89. The molecule has 0 aliphatic rings. The van der Waals surface area contributed by atoms with Crippen LogP contribution in [0.5, 0.6) is 5.75 Å². The van der Waals surface area contributed by atoms with E-state index in [1.54, 1.807) is 6.33 Å². The number of fused-ring (bicyclic) bond motifs is 1. The van der Waals surface area contributed by atoms with Gasteiger partial charge >= 0.3 is 0 Å². The molecule has 0 aliphatic carbocycles. The maximum Gasteiger partial charge on any atom is 0.223 e. The third-order valence-corrected chi connectivity index (χ3v) is 5.05. The van der Waals surface area contributed by atoms with E-state index in [2.05, 4.69) is 38.0 Å². The summed E-state index contributed by atoms with van der Waals surface area (Å²) in [5, 5.41) is 0.724. The SMILES string of the molecule is CC(C)COc1cccc(Sc2nc(N)nc3c2ncn3CC(C)OCP)c1. The molecule has 0 fully saturated rings. The van der Waals surface area contributed by atoms with E-state index in [-0.39, 0.29) is 12.1 Å². The van der Waals surface area contributed by atoms with Crippen LogP contribution in [0.3, 0.4) is 0 Å². The molecule has 150 valence electrons. The lowest BCUT2D eigenvalue weighted by molar-refractivity contribution is 0.0912. The molecule has 9 heteroatoms. The maximum atomic E-state index is 5.97. The summed E-state index contributed by atoms with van der Waals surface area (Å²) < 4.78 is 13.4. The van der Waals surface area contributed by atoms with Crippen LogP contribution in [-0.2, 0) is 11.3 Å². The van der Waals surface area contributed by atoms with Crippen molar-refractivity contribution in [3.05, 3.63) is 30.6 Å². The first kappa shape index (κ1) is 20.8. The van der Waals surface area contributed by atoms with Gasteiger partial charge in [0.25, 0.3) is 0 Å². The minimum absolute atomic E-state index is 0.0389. The highest BCUT2D eigenvalue weighted by Gasteiger charge is 2.15. The van der Waals surface area contributed by atoms with Crippen LogP contribution in [-0.4, -0.2) is 38.6 Å². The zero-order valence-corrected chi connectivity index (χ0v) is 18.3. The van der Waals surface area contributed by atoms with E-state index in [1.165, 1.54) is 11.8 Å². The maximum absolute atomic E-state index is 5.97. The van der Waals surface area contributed by atoms with E-state index in [0.717, 1.165) is 21.2 Å². The number of benzene rings is 1. The number of nitrogen functional groups attached to an aromatic ring is 1. The normalized spacial score (nSPS) is 12.6. The second kappa shape index (κ2) is 9.54. The number of nitrogens with zero attached hydrogens (tertiary/aromatic N) is 4. The van der Waals surface area contributed by atoms with Crippen molar-refractivity contribution in [1.82, 2.24) is 19.5 Å². The summed E-state index contributed by atoms with van der Waals surface area (Å²) in [4.78, 5) is 14.3. The Bertz CT molecular complexity index is 934. The Labute approximate surface area is 171 Å². The smallest absolute Gasteiger partial charge is 0.223 e. The summed E-state index contributed by atoms with van der Waals surface area (Å²) in [6.07, 6.45) is 2.38. The first-order valence-electron chi connectivity index (χ1n) is 9.17. The Morgan fingerprint density at radius 2 is 2.07 bits per heavy atom. The third-order valence-electron chi connectivity index (χ3n) is 3.89. The topological polar surface area (TPSA) is 88.1 Å². The van der Waals surface area contributed by atoms with Crippen molar-refractivity contribution < 1.29 is 9.47 Å². The average Bonchev–Trinajstić information content (AvgIpc) is 3.03. The number of anilines is 1. The number of rotatable bonds is 9. The van der Waals surface area contributed by atoms with Crippen molar-refractivity contribution >= 4 is 38.1 Å².